The van der Waals surface area contributed by atoms with Crippen LogP contribution < -0.4 is 4.74 Å². The molecule has 1 aliphatic carbocycles. The highest BCUT2D eigenvalue weighted by Gasteiger charge is 2.32. The van der Waals surface area contributed by atoms with Crippen LogP contribution in [0.2, 0.25) is 0 Å². The van der Waals surface area contributed by atoms with Gasteiger partial charge in [0.25, 0.3) is 0 Å². The van der Waals surface area contributed by atoms with E-state index in [0.29, 0.717) is 10.6 Å². The smallest absolute Gasteiger partial charge is 0.206 e. The lowest BCUT2D eigenvalue weighted by Crippen LogP contribution is -2.20. The van der Waals surface area contributed by atoms with Crippen LogP contribution in [0.4, 0.5) is 0 Å². The Kier molecular flexibility index (Phi) is 3.73. The zero-order chi connectivity index (χ0) is 15.7. The van der Waals surface area contributed by atoms with Crippen molar-refractivity contribution < 1.29 is 18.5 Å². The Morgan fingerprint density at radius 3 is 2.36 bits per heavy atom. The maximum absolute atomic E-state index is 12.7. The van der Waals surface area contributed by atoms with Crippen LogP contribution in [0.25, 0.3) is 0 Å². The van der Waals surface area contributed by atoms with Gasteiger partial charge in [0.1, 0.15) is 5.75 Å². The summed E-state index contributed by atoms with van der Waals surface area (Å²) in [6.45, 7) is 0. The van der Waals surface area contributed by atoms with Gasteiger partial charge >= 0.3 is 0 Å². The van der Waals surface area contributed by atoms with Crippen LogP contribution in [-0.2, 0) is 10.8 Å². The number of hydrogen-bond acceptors (Lipinski definition) is 4. The number of benzene rings is 2. The topological polar surface area (TPSA) is 60.4 Å². The van der Waals surface area contributed by atoms with E-state index in [-0.39, 0.29) is 21.8 Å². The molecule has 0 bridgehead atoms. The van der Waals surface area contributed by atoms with Crippen molar-refractivity contribution in [3.05, 3.63) is 70.6 Å². The van der Waals surface area contributed by atoms with Crippen molar-refractivity contribution >= 4 is 22.4 Å². The Labute approximate surface area is 129 Å². The van der Waals surface area contributed by atoms with E-state index in [0.717, 1.165) is 6.08 Å². The van der Waals surface area contributed by atoms with Crippen LogP contribution in [0.5, 0.6) is 5.75 Å². The zero-order valence-corrected chi connectivity index (χ0v) is 12.6. The van der Waals surface area contributed by atoms with Crippen LogP contribution in [-0.4, -0.2) is 22.9 Å². The van der Waals surface area contributed by atoms with E-state index in [1.807, 2.05) is 0 Å². The number of ketones is 2. The first kappa shape index (κ1) is 14.4. The SMILES string of the molecule is COc1cccc2c1C(=O)C(S(=O)c1ccccc1)=CC2=O. The number of fused-ring (bicyclic) bond motifs is 1. The van der Waals surface area contributed by atoms with E-state index < -0.39 is 16.6 Å². The number of ether oxygens (including phenoxy) is 1. The van der Waals surface area contributed by atoms with Gasteiger partial charge in [0.05, 0.1) is 28.4 Å². The fraction of sp³-hybridized carbons (Fsp3) is 0.0588. The highest BCUT2D eigenvalue weighted by molar-refractivity contribution is 7.90. The van der Waals surface area contributed by atoms with E-state index in [1.165, 1.54) is 7.11 Å². The van der Waals surface area contributed by atoms with Crippen molar-refractivity contribution in [3.63, 3.8) is 0 Å². The molecule has 1 atom stereocenters. The summed E-state index contributed by atoms with van der Waals surface area (Å²) in [5, 5.41) is 0. The molecule has 5 heteroatoms. The van der Waals surface area contributed by atoms with Gasteiger partial charge in [-0.25, -0.2) is 4.21 Å². The molecular formula is C17H12O4S. The van der Waals surface area contributed by atoms with Crippen molar-refractivity contribution in [1.82, 2.24) is 0 Å². The molecule has 0 saturated carbocycles. The average molecular weight is 312 g/mol. The molecule has 0 aliphatic heterocycles. The lowest BCUT2D eigenvalue weighted by Gasteiger charge is -2.17. The van der Waals surface area contributed by atoms with Crippen LogP contribution in [0.1, 0.15) is 20.7 Å². The molecule has 2 aromatic rings. The highest BCUT2D eigenvalue weighted by Crippen LogP contribution is 2.32. The molecule has 0 amide bonds. The predicted molar refractivity (Wildman–Crippen MR) is 82.6 cm³/mol. The molecule has 1 unspecified atom stereocenters. The normalized spacial score (nSPS) is 15.0. The van der Waals surface area contributed by atoms with Crippen molar-refractivity contribution in [3.8, 4) is 5.75 Å². The summed E-state index contributed by atoms with van der Waals surface area (Å²) in [6.07, 6.45) is 1.16. The number of carbonyl (C=O) groups excluding carboxylic acids is 2. The fourth-order valence-corrected chi connectivity index (χ4v) is 3.48. The Morgan fingerprint density at radius 2 is 1.68 bits per heavy atom. The van der Waals surface area contributed by atoms with Crippen LogP contribution in [0.3, 0.4) is 0 Å². The standard InChI is InChI=1S/C17H12O4S/c1-21-14-9-5-8-12-13(18)10-15(17(19)16(12)14)22(20)11-6-3-2-4-7-11/h2-10H,1H3. The van der Waals surface area contributed by atoms with Crippen molar-refractivity contribution in [2.24, 2.45) is 0 Å². The maximum Gasteiger partial charge on any atom is 0.206 e. The van der Waals surface area contributed by atoms with Gasteiger partial charge < -0.3 is 4.74 Å². The summed E-state index contributed by atoms with van der Waals surface area (Å²) < 4.78 is 17.8. The Hall–Kier alpha value is -2.53. The fourth-order valence-electron chi connectivity index (χ4n) is 2.34. The summed E-state index contributed by atoms with van der Waals surface area (Å²) >= 11 is 0. The number of carbonyl (C=O) groups is 2. The van der Waals surface area contributed by atoms with Crippen LogP contribution in [0, 0.1) is 0 Å². The van der Waals surface area contributed by atoms with Crippen molar-refractivity contribution in [1.29, 1.82) is 0 Å². The number of rotatable bonds is 3. The van der Waals surface area contributed by atoms with Crippen molar-refractivity contribution in [2.45, 2.75) is 4.90 Å². The first-order valence-electron chi connectivity index (χ1n) is 6.58. The van der Waals surface area contributed by atoms with Gasteiger partial charge in [-0.2, -0.15) is 0 Å². The third-order valence-corrected chi connectivity index (χ3v) is 4.78. The van der Waals surface area contributed by atoms with Crippen molar-refractivity contribution in [2.75, 3.05) is 7.11 Å². The molecule has 1 aliphatic rings. The molecule has 2 aromatic carbocycles. The van der Waals surface area contributed by atoms with Gasteiger partial charge in [-0.1, -0.05) is 30.3 Å². The summed E-state index contributed by atoms with van der Waals surface area (Å²) in [6, 6.07) is 13.4. The average Bonchev–Trinajstić information content (AvgIpc) is 2.57. The third-order valence-electron chi connectivity index (χ3n) is 3.38. The Balaban J connectivity index is 2.11. The lowest BCUT2D eigenvalue weighted by atomic mass is 9.94. The highest BCUT2D eigenvalue weighted by atomic mass is 32.2. The monoisotopic (exact) mass is 312 g/mol. The third kappa shape index (κ3) is 2.29. The van der Waals surface area contributed by atoms with Gasteiger partial charge in [0.2, 0.25) is 5.78 Å². The minimum absolute atomic E-state index is 0.0202. The molecule has 110 valence electrons. The molecule has 4 nitrogen and oxygen atoms in total. The van der Waals surface area contributed by atoms with Gasteiger partial charge in [0.15, 0.2) is 5.78 Å². The van der Waals surface area contributed by atoms with Crippen LogP contribution in [0.15, 0.2) is 64.4 Å². The van der Waals surface area contributed by atoms with E-state index in [9.17, 15) is 13.8 Å². The molecule has 0 heterocycles. The maximum atomic E-state index is 12.7. The van der Waals surface area contributed by atoms with Gasteiger partial charge in [-0.05, 0) is 18.2 Å². The number of hydrogen-bond donors (Lipinski definition) is 0. The first-order valence-corrected chi connectivity index (χ1v) is 7.73. The minimum Gasteiger partial charge on any atom is -0.496 e. The zero-order valence-electron chi connectivity index (χ0n) is 11.7. The largest absolute Gasteiger partial charge is 0.496 e. The lowest BCUT2D eigenvalue weighted by molar-refractivity contribution is 0.0988. The quantitative estimate of drug-likeness (QED) is 0.874. The summed E-state index contributed by atoms with van der Waals surface area (Å²) in [5.74, 6) is -0.464. The van der Waals surface area contributed by atoms with Gasteiger partial charge in [-0.3, -0.25) is 9.59 Å². The Bertz CT molecular complexity index is 822. The predicted octanol–water partition coefficient (Wildman–Crippen LogP) is 2.77. The van der Waals surface area contributed by atoms with E-state index in [4.69, 9.17) is 4.74 Å². The van der Waals surface area contributed by atoms with E-state index >= 15 is 0 Å². The number of methoxy groups -OCH3 is 1. The van der Waals surface area contributed by atoms with E-state index in [2.05, 4.69) is 0 Å². The molecule has 0 radical (unpaired) electrons. The molecule has 0 saturated heterocycles. The summed E-state index contributed by atoms with van der Waals surface area (Å²) in [7, 11) is -0.273. The Morgan fingerprint density at radius 1 is 0.955 bits per heavy atom. The summed E-state index contributed by atoms with van der Waals surface area (Å²) in [4.78, 5) is 25.3. The van der Waals surface area contributed by atoms with Gasteiger partial charge in [0, 0.05) is 16.5 Å². The number of allylic oxidation sites excluding steroid dienone is 2. The summed E-state index contributed by atoms with van der Waals surface area (Å²) in [5.41, 5.74) is 0.454. The van der Waals surface area contributed by atoms with Crippen LogP contribution >= 0.6 is 0 Å². The number of Topliss-reactive ketones (excluding diaryl/α,β-unsaturated/α-hetero) is 1. The molecule has 3 rings (SSSR count). The second kappa shape index (κ2) is 5.69. The molecule has 0 aromatic heterocycles. The minimum atomic E-state index is -1.70. The second-order valence-electron chi connectivity index (χ2n) is 4.67. The first-order chi connectivity index (χ1) is 10.6. The van der Waals surface area contributed by atoms with Gasteiger partial charge in [-0.15, -0.1) is 0 Å². The molecule has 0 spiro atoms. The molecule has 22 heavy (non-hydrogen) atoms. The second-order valence-corrected chi connectivity index (χ2v) is 6.12. The van der Waals surface area contributed by atoms with E-state index in [1.54, 1.807) is 48.5 Å². The molecule has 0 fully saturated rings. The molecule has 0 N–H and O–H groups in total. The molecular weight excluding hydrogens is 300 g/mol.